The molecule has 0 aliphatic carbocycles. The molecule has 1 heterocycles. The fraction of sp³-hybridized carbons (Fsp3) is 0.0909. The highest BCUT2D eigenvalue weighted by Gasteiger charge is 2.18. The van der Waals surface area contributed by atoms with E-state index < -0.39 is 21.5 Å². The molecule has 1 aromatic heterocycles. The van der Waals surface area contributed by atoms with Crippen LogP contribution in [0, 0.1) is 0 Å². The Morgan fingerprint density at radius 2 is 1.94 bits per heavy atom. The third kappa shape index (κ3) is 2.40. The number of aromatic nitrogens is 1. The molecule has 0 bridgehead atoms. The van der Waals surface area contributed by atoms with Crippen molar-refractivity contribution < 1.29 is 17.4 Å². The maximum Gasteiger partial charge on any atom is 0.359 e. The van der Waals surface area contributed by atoms with Crippen LogP contribution < -0.4 is 5.43 Å². The third-order valence-corrected chi connectivity index (χ3v) is 2.69. The average molecular weight is 267 g/mol. The molecule has 0 saturated carbocycles. The largest absolute Gasteiger partial charge is 0.360 e. The van der Waals surface area contributed by atoms with Crippen molar-refractivity contribution in [1.29, 1.82) is 0 Å². The molecule has 7 heteroatoms. The van der Waals surface area contributed by atoms with E-state index in [4.69, 9.17) is 0 Å². The minimum Gasteiger partial charge on any atom is -0.360 e. The predicted molar refractivity (Wildman–Crippen MR) is 64.8 cm³/mol. The first-order valence-corrected chi connectivity index (χ1v) is 6.74. The summed E-state index contributed by atoms with van der Waals surface area (Å²) in [5, 5.41) is 0.292. The van der Waals surface area contributed by atoms with Gasteiger partial charge in [0.2, 0.25) is 5.43 Å². The molecular weight excluding hydrogens is 258 g/mol. The molecule has 2 rings (SSSR count). The van der Waals surface area contributed by atoms with E-state index in [1.54, 1.807) is 18.2 Å². The summed E-state index contributed by atoms with van der Waals surface area (Å²) in [7, 11) is -3.94. The lowest BCUT2D eigenvalue weighted by atomic mass is 10.1. The SMILES string of the molecule is CS(=O)(=O)OC(=O)c1c[nH]c2ccccc2c1=O. The molecule has 0 fully saturated rings. The lowest BCUT2D eigenvalue weighted by Crippen LogP contribution is -2.20. The van der Waals surface area contributed by atoms with E-state index in [9.17, 15) is 18.0 Å². The van der Waals surface area contributed by atoms with Crippen molar-refractivity contribution in [2.75, 3.05) is 6.26 Å². The van der Waals surface area contributed by atoms with Crippen molar-refractivity contribution in [2.24, 2.45) is 0 Å². The highest BCUT2D eigenvalue weighted by molar-refractivity contribution is 7.86. The Morgan fingerprint density at radius 1 is 1.28 bits per heavy atom. The van der Waals surface area contributed by atoms with Gasteiger partial charge in [-0.3, -0.25) is 4.79 Å². The van der Waals surface area contributed by atoms with Gasteiger partial charge >= 0.3 is 16.1 Å². The summed E-state index contributed by atoms with van der Waals surface area (Å²) >= 11 is 0. The summed E-state index contributed by atoms with van der Waals surface area (Å²) in [4.78, 5) is 26.2. The van der Waals surface area contributed by atoms with Gasteiger partial charge in [0.1, 0.15) is 5.56 Å². The summed E-state index contributed by atoms with van der Waals surface area (Å²) < 4.78 is 25.8. The highest BCUT2D eigenvalue weighted by atomic mass is 32.2. The van der Waals surface area contributed by atoms with Crippen LogP contribution in [0.4, 0.5) is 0 Å². The van der Waals surface area contributed by atoms with Crippen LogP contribution in [-0.4, -0.2) is 25.6 Å². The Labute approximate surface area is 102 Å². The number of H-pyrrole nitrogens is 1. The summed E-state index contributed by atoms with van der Waals surface area (Å²) in [5.41, 5.74) is -0.365. The Hall–Kier alpha value is -2.15. The van der Waals surface area contributed by atoms with Gasteiger partial charge in [0.15, 0.2) is 0 Å². The predicted octanol–water partition coefficient (Wildman–Crippen LogP) is 0.645. The van der Waals surface area contributed by atoms with Gasteiger partial charge in [0.25, 0.3) is 0 Å². The number of nitrogens with one attached hydrogen (secondary N) is 1. The van der Waals surface area contributed by atoms with E-state index in [1.807, 2.05) is 0 Å². The van der Waals surface area contributed by atoms with Crippen LogP contribution in [-0.2, 0) is 14.3 Å². The van der Waals surface area contributed by atoms with E-state index in [2.05, 4.69) is 9.17 Å². The van der Waals surface area contributed by atoms with Crippen LogP contribution in [0.3, 0.4) is 0 Å². The lowest BCUT2D eigenvalue weighted by Gasteiger charge is -2.02. The van der Waals surface area contributed by atoms with E-state index in [0.717, 1.165) is 12.5 Å². The van der Waals surface area contributed by atoms with Crippen molar-refractivity contribution in [2.45, 2.75) is 0 Å². The molecule has 1 aromatic carbocycles. The van der Waals surface area contributed by atoms with Gasteiger partial charge in [-0.2, -0.15) is 8.42 Å². The van der Waals surface area contributed by atoms with Crippen LogP contribution >= 0.6 is 0 Å². The smallest absolute Gasteiger partial charge is 0.359 e. The Balaban J connectivity index is 2.57. The van der Waals surface area contributed by atoms with Gasteiger partial charge in [-0.25, -0.2) is 4.79 Å². The minimum atomic E-state index is -3.94. The van der Waals surface area contributed by atoms with Gasteiger partial charge in [0.05, 0.1) is 6.26 Å². The monoisotopic (exact) mass is 267 g/mol. The van der Waals surface area contributed by atoms with Crippen molar-refractivity contribution in [1.82, 2.24) is 4.98 Å². The molecule has 94 valence electrons. The van der Waals surface area contributed by atoms with E-state index >= 15 is 0 Å². The first-order chi connectivity index (χ1) is 8.38. The molecule has 1 N–H and O–H groups in total. The topological polar surface area (TPSA) is 93.3 Å². The van der Waals surface area contributed by atoms with E-state index in [-0.39, 0.29) is 5.56 Å². The molecule has 0 atom stereocenters. The van der Waals surface area contributed by atoms with Crippen molar-refractivity contribution >= 4 is 27.0 Å². The lowest BCUT2D eigenvalue weighted by molar-refractivity contribution is 0.0747. The third-order valence-electron chi connectivity index (χ3n) is 2.24. The van der Waals surface area contributed by atoms with Crippen molar-refractivity contribution in [3.63, 3.8) is 0 Å². The minimum absolute atomic E-state index is 0.292. The van der Waals surface area contributed by atoms with Crippen LogP contribution in [0.2, 0.25) is 0 Å². The zero-order valence-electron chi connectivity index (χ0n) is 9.34. The molecule has 0 unspecified atom stereocenters. The molecule has 0 radical (unpaired) electrons. The fourth-order valence-electron chi connectivity index (χ4n) is 1.50. The van der Waals surface area contributed by atoms with Crippen molar-refractivity contribution in [3.05, 3.63) is 46.2 Å². The number of carbonyl (C=O) groups is 1. The summed E-state index contributed by atoms with van der Waals surface area (Å²) in [6.07, 6.45) is 1.87. The number of hydrogen-bond donors (Lipinski definition) is 1. The second-order valence-corrected chi connectivity index (χ2v) is 5.23. The highest BCUT2D eigenvalue weighted by Crippen LogP contribution is 2.08. The molecule has 0 amide bonds. The molecule has 0 aliphatic rings. The Kier molecular flexibility index (Phi) is 2.92. The number of aromatic amines is 1. The van der Waals surface area contributed by atoms with Crippen LogP contribution in [0.15, 0.2) is 35.3 Å². The standard InChI is InChI=1S/C11H9NO5S/c1-18(15,16)17-11(14)8-6-12-9-5-3-2-4-7(9)10(8)13/h2-6H,1H3,(H,12,13). The fourth-order valence-corrected chi connectivity index (χ4v) is 1.87. The van der Waals surface area contributed by atoms with Crippen molar-refractivity contribution in [3.8, 4) is 0 Å². The number of hydrogen-bond acceptors (Lipinski definition) is 5. The first kappa shape index (κ1) is 12.3. The number of benzene rings is 1. The normalized spacial score (nSPS) is 11.4. The second-order valence-electron chi connectivity index (χ2n) is 3.65. The molecule has 6 nitrogen and oxygen atoms in total. The zero-order valence-corrected chi connectivity index (χ0v) is 10.2. The zero-order chi connectivity index (χ0) is 13.3. The summed E-state index contributed by atoms with van der Waals surface area (Å²) in [6.45, 7) is 0. The average Bonchev–Trinajstić information content (AvgIpc) is 2.27. The maximum atomic E-state index is 11.9. The molecular formula is C11H9NO5S. The van der Waals surface area contributed by atoms with Gasteiger partial charge < -0.3 is 9.17 Å². The van der Waals surface area contributed by atoms with Crippen LogP contribution in [0.5, 0.6) is 0 Å². The Bertz CT molecular complexity index is 775. The Morgan fingerprint density at radius 3 is 2.61 bits per heavy atom. The van der Waals surface area contributed by atoms with Crippen LogP contribution in [0.1, 0.15) is 10.4 Å². The van der Waals surface area contributed by atoms with E-state index in [1.165, 1.54) is 6.07 Å². The number of pyridine rings is 1. The number of fused-ring (bicyclic) bond motifs is 1. The van der Waals surface area contributed by atoms with Gasteiger partial charge in [-0.1, -0.05) is 12.1 Å². The molecule has 0 spiro atoms. The molecule has 2 aromatic rings. The molecule has 0 aliphatic heterocycles. The number of para-hydroxylation sites is 1. The van der Waals surface area contributed by atoms with Gasteiger partial charge in [-0.15, -0.1) is 0 Å². The number of rotatable bonds is 2. The van der Waals surface area contributed by atoms with Crippen LogP contribution in [0.25, 0.3) is 10.9 Å². The first-order valence-electron chi connectivity index (χ1n) is 4.93. The molecule has 18 heavy (non-hydrogen) atoms. The van der Waals surface area contributed by atoms with Gasteiger partial charge in [0, 0.05) is 17.1 Å². The number of carbonyl (C=O) groups excluding carboxylic acids is 1. The summed E-state index contributed by atoms with van der Waals surface area (Å²) in [6, 6.07) is 6.57. The second kappa shape index (κ2) is 4.26. The molecule has 0 saturated heterocycles. The summed E-state index contributed by atoms with van der Waals surface area (Å²) in [5.74, 6) is -1.19. The van der Waals surface area contributed by atoms with E-state index in [0.29, 0.717) is 10.9 Å². The maximum absolute atomic E-state index is 11.9. The quantitative estimate of drug-likeness (QED) is 0.806. The van der Waals surface area contributed by atoms with Gasteiger partial charge in [-0.05, 0) is 12.1 Å².